The topological polar surface area (TPSA) is 173 Å². The van der Waals surface area contributed by atoms with Crippen LogP contribution in [0.1, 0.15) is 36.5 Å². The van der Waals surface area contributed by atoms with Crippen molar-refractivity contribution in [2.75, 3.05) is 13.1 Å². The van der Waals surface area contributed by atoms with E-state index >= 15 is 0 Å². The molecule has 0 spiro atoms. The van der Waals surface area contributed by atoms with Crippen molar-refractivity contribution in [3.8, 4) is 17.2 Å². The molecule has 0 bridgehead atoms. The number of ether oxygens (including phenoxy) is 3. The highest BCUT2D eigenvalue weighted by Crippen LogP contribution is 2.37. The van der Waals surface area contributed by atoms with Crippen LogP contribution < -0.4 is 24.7 Å². The normalized spacial score (nSPS) is 15.0. The van der Waals surface area contributed by atoms with Crippen LogP contribution in [0.4, 0.5) is 26.3 Å². The lowest BCUT2D eigenvalue weighted by Gasteiger charge is -2.30. The van der Waals surface area contributed by atoms with Gasteiger partial charge in [-0.25, -0.2) is 22.7 Å². The molecule has 1 aliphatic rings. The molecule has 4 rings (SSSR count). The maximum atomic E-state index is 13.4. The van der Waals surface area contributed by atoms with Crippen LogP contribution in [0.15, 0.2) is 82.8 Å². The number of nitrogens with zero attached hydrogens (tertiary/aromatic N) is 2. The minimum absolute atomic E-state index is 0.0791. The Labute approximate surface area is 299 Å². The molecule has 284 valence electrons. The largest absolute Gasteiger partial charge is 0.491 e. The van der Waals surface area contributed by atoms with Crippen LogP contribution in [0, 0.1) is 5.41 Å². The van der Waals surface area contributed by atoms with Crippen molar-refractivity contribution in [3.63, 3.8) is 0 Å². The smallest absolute Gasteiger partial charge is 0.490 e. The quantitative estimate of drug-likeness (QED) is 0.0681. The van der Waals surface area contributed by atoms with Gasteiger partial charge in [-0.05, 0) is 61.4 Å². The number of hydrogen-bond acceptors (Lipinski definition) is 10. The van der Waals surface area contributed by atoms with Gasteiger partial charge in [0.1, 0.15) is 23.4 Å². The van der Waals surface area contributed by atoms with Crippen molar-refractivity contribution in [3.05, 3.63) is 89.5 Å². The first-order chi connectivity index (χ1) is 24.9. The molecule has 0 radical (unpaired) electrons. The number of nitrogen functional groups attached to an aromatic ring is 1. The first-order valence-electron chi connectivity index (χ1n) is 15.7. The monoisotopic (exact) mass is 769 g/mol. The highest BCUT2D eigenvalue weighted by atomic mass is 32.2. The molecule has 0 saturated carbocycles. The number of alkyl halides is 6. The van der Waals surface area contributed by atoms with Crippen LogP contribution in [0.5, 0.6) is 17.2 Å². The molecule has 1 fully saturated rings. The summed E-state index contributed by atoms with van der Waals surface area (Å²) in [7, 11) is -4.30. The van der Waals surface area contributed by atoms with E-state index in [9.17, 15) is 44.3 Å². The van der Waals surface area contributed by atoms with E-state index in [0.717, 1.165) is 25.0 Å². The van der Waals surface area contributed by atoms with Gasteiger partial charge in [0, 0.05) is 38.2 Å². The maximum Gasteiger partial charge on any atom is 0.491 e. The molecular formula is C34H33F6N5O7S. The summed E-state index contributed by atoms with van der Waals surface area (Å²) in [5.74, 6) is -8.28. The predicted octanol–water partition coefficient (Wildman–Crippen LogP) is 5.36. The van der Waals surface area contributed by atoms with E-state index in [1.165, 1.54) is 24.3 Å². The molecule has 1 aliphatic heterocycles. The fraction of sp³-hybridized carbons (Fsp3) is 0.294. The fourth-order valence-electron chi connectivity index (χ4n) is 5.08. The van der Waals surface area contributed by atoms with Crippen LogP contribution in [-0.4, -0.2) is 75.0 Å². The Morgan fingerprint density at radius 1 is 0.962 bits per heavy atom. The summed E-state index contributed by atoms with van der Waals surface area (Å²) in [5, 5.41) is 14.0. The number of nitrogens with two attached hydrogens (primary N) is 1. The Morgan fingerprint density at radius 3 is 2.13 bits per heavy atom. The number of hydrazone groups is 1. The zero-order valence-electron chi connectivity index (χ0n) is 27.8. The summed E-state index contributed by atoms with van der Waals surface area (Å²) in [6.07, 6.45) is -6.43. The number of sulfonamides is 1. The molecule has 0 aliphatic carbocycles. The summed E-state index contributed by atoms with van der Waals surface area (Å²) in [6.45, 7) is 3.22. The van der Waals surface area contributed by atoms with Gasteiger partial charge in [0.05, 0.1) is 16.0 Å². The lowest BCUT2D eigenvalue weighted by Crippen LogP contribution is -2.35. The van der Waals surface area contributed by atoms with Crippen molar-refractivity contribution in [1.29, 1.82) is 5.41 Å². The Balaban J connectivity index is 1.73. The van der Waals surface area contributed by atoms with E-state index in [0.29, 0.717) is 36.5 Å². The van der Waals surface area contributed by atoms with Gasteiger partial charge in [0.15, 0.2) is 5.75 Å². The van der Waals surface area contributed by atoms with Gasteiger partial charge in [-0.2, -0.15) is 31.4 Å². The first kappa shape index (κ1) is 40.3. The van der Waals surface area contributed by atoms with Crippen molar-refractivity contribution < 1.29 is 58.6 Å². The SMILES string of the molecule is C/C=N/N1CCC(Oc2ccc(C[C@@H](/C=C/c3c(OC(=O)C(F)(F)F)ccc(C(=N)N)c3OC(=O)C(F)(F)F)NS(=O)(=O)c3ccccc3)cc2)CC1. The van der Waals surface area contributed by atoms with Gasteiger partial charge >= 0.3 is 24.3 Å². The Bertz CT molecular complexity index is 1950. The minimum atomic E-state index is -5.61. The molecule has 1 saturated heterocycles. The molecule has 0 amide bonds. The molecule has 1 atom stereocenters. The molecule has 53 heavy (non-hydrogen) atoms. The van der Waals surface area contributed by atoms with E-state index in [2.05, 4.69) is 19.3 Å². The number of carbonyl (C=O) groups excluding carboxylic acids is 2. The van der Waals surface area contributed by atoms with Crippen molar-refractivity contribution >= 4 is 40.1 Å². The van der Waals surface area contributed by atoms with Crippen molar-refractivity contribution in [2.24, 2.45) is 10.8 Å². The Hall–Kier alpha value is -5.43. The van der Waals surface area contributed by atoms with Gasteiger partial charge in [-0.3, -0.25) is 10.4 Å². The molecule has 19 heteroatoms. The van der Waals surface area contributed by atoms with Crippen molar-refractivity contribution in [1.82, 2.24) is 9.73 Å². The molecule has 4 N–H and O–H groups in total. The average molecular weight is 770 g/mol. The second kappa shape index (κ2) is 16.9. The van der Waals surface area contributed by atoms with Crippen LogP contribution in [0.2, 0.25) is 0 Å². The third-order valence-electron chi connectivity index (χ3n) is 7.54. The van der Waals surface area contributed by atoms with E-state index in [4.69, 9.17) is 15.9 Å². The van der Waals surface area contributed by atoms with Gasteiger partial charge < -0.3 is 19.9 Å². The molecular weight excluding hydrogens is 736 g/mol. The molecule has 3 aromatic carbocycles. The lowest BCUT2D eigenvalue weighted by atomic mass is 10.0. The number of amidine groups is 1. The van der Waals surface area contributed by atoms with Gasteiger partial charge in [0.2, 0.25) is 10.0 Å². The number of halogens is 6. The zero-order chi connectivity index (χ0) is 39.0. The highest BCUT2D eigenvalue weighted by molar-refractivity contribution is 7.89. The van der Waals surface area contributed by atoms with Crippen LogP contribution >= 0.6 is 0 Å². The summed E-state index contributed by atoms with van der Waals surface area (Å²) in [6, 6.07) is 13.7. The predicted molar refractivity (Wildman–Crippen MR) is 180 cm³/mol. The Morgan fingerprint density at radius 2 is 1.57 bits per heavy atom. The number of carbonyl (C=O) groups is 2. The third kappa shape index (κ3) is 11.3. The highest BCUT2D eigenvalue weighted by Gasteiger charge is 2.44. The average Bonchev–Trinajstić information content (AvgIpc) is 3.09. The standard InChI is InChI=1S/C34H33F6N5O7S/c1-2-43-45-18-16-24(17-19-45)50-23-11-8-21(9-12-23)20-22(44-53(48,49)25-6-4-3-5-7-25)10-13-26-28(51-31(46)33(35,36)37)15-14-27(30(41)42)29(26)52-32(47)34(38,39)40/h2-15,22,24,44H,16-20H2,1H3,(H3,41,42)/b13-10+,43-2+/t22-/m1/s1. The second-order valence-electron chi connectivity index (χ2n) is 11.4. The Kier molecular flexibility index (Phi) is 12.9. The number of piperidine rings is 1. The van der Waals surface area contributed by atoms with Gasteiger partial charge in [-0.1, -0.05) is 36.4 Å². The maximum absolute atomic E-state index is 13.4. The summed E-state index contributed by atoms with van der Waals surface area (Å²) >= 11 is 0. The molecule has 12 nitrogen and oxygen atoms in total. The summed E-state index contributed by atoms with van der Waals surface area (Å²) in [5.41, 5.74) is 4.44. The molecule has 1 heterocycles. The van der Waals surface area contributed by atoms with E-state index in [1.54, 1.807) is 36.5 Å². The minimum Gasteiger partial charge on any atom is -0.490 e. The summed E-state index contributed by atoms with van der Waals surface area (Å²) in [4.78, 5) is 23.5. The number of nitrogens with one attached hydrogen (secondary N) is 2. The zero-order valence-corrected chi connectivity index (χ0v) is 28.6. The fourth-order valence-corrected chi connectivity index (χ4v) is 6.29. The van der Waals surface area contributed by atoms with Crippen LogP contribution in [0.3, 0.4) is 0 Å². The van der Waals surface area contributed by atoms with E-state index < -0.39 is 68.8 Å². The molecule has 0 unspecified atom stereocenters. The van der Waals surface area contributed by atoms with Crippen molar-refractivity contribution in [2.45, 2.75) is 55.6 Å². The second-order valence-corrected chi connectivity index (χ2v) is 13.1. The lowest BCUT2D eigenvalue weighted by molar-refractivity contribution is -0.190. The van der Waals surface area contributed by atoms with Crippen LogP contribution in [0.25, 0.3) is 6.08 Å². The number of benzene rings is 3. The van der Waals surface area contributed by atoms with E-state index in [-0.39, 0.29) is 17.4 Å². The van der Waals surface area contributed by atoms with E-state index in [1.807, 2.05) is 11.9 Å². The number of esters is 2. The first-order valence-corrected chi connectivity index (χ1v) is 17.2. The molecule has 3 aromatic rings. The number of rotatable bonds is 13. The van der Waals surface area contributed by atoms with Gasteiger partial charge in [0.25, 0.3) is 0 Å². The van der Waals surface area contributed by atoms with Crippen LogP contribution in [-0.2, 0) is 26.0 Å². The third-order valence-corrected chi connectivity index (χ3v) is 9.05. The molecule has 0 aromatic heterocycles. The summed E-state index contributed by atoms with van der Waals surface area (Å²) < 4.78 is 123. The number of hydrogen-bond donors (Lipinski definition) is 3. The van der Waals surface area contributed by atoms with Gasteiger partial charge in [-0.15, -0.1) is 0 Å².